The first-order chi connectivity index (χ1) is 10.6. The van der Waals surface area contributed by atoms with E-state index >= 15 is 0 Å². The maximum atomic E-state index is 6.05. The second-order valence-corrected chi connectivity index (χ2v) is 6.00. The van der Waals surface area contributed by atoms with E-state index in [1.165, 1.54) is 22.1 Å². The second-order valence-electron chi connectivity index (χ2n) is 6.00. The Balaban J connectivity index is 2.15. The molecular formula is C20H18O2. The predicted octanol–water partition coefficient (Wildman–Crippen LogP) is 6.08. The molecule has 0 bridgehead atoms. The Morgan fingerprint density at radius 1 is 0.864 bits per heavy atom. The molecule has 2 aromatic carbocycles. The van der Waals surface area contributed by atoms with Crippen molar-refractivity contribution in [2.45, 2.75) is 27.7 Å². The largest absolute Gasteiger partial charge is 0.464 e. The molecule has 0 fully saturated rings. The minimum Gasteiger partial charge on any atom is -0.464 e. The zero-order chi connectivity index (χ0) is 15.4. The maximum Gasteiger partial charge on any atom is 0.135 e. The molecule has 2 aromatic heterocycles. The fourth-order valence-corrected chi connectivity index (χ4v) is 3.32. The van der Waals surface area contributed by atoms with Crippen LogP contribution < -0.4 is 0 Å². The van der Waals surface area contributed by atoms with E-state index in [0.717, 1.165) is 33.4 Å². The van der Waals surface area contributed by atoms with E-state index in [-0.39, 0.29) is 0 Å². The first kappa shape index (κ1) is 13.2. The number of aryl methyl sites for hydroxylation is 3. The van der Waals surface area contributed by atoms with Gasteiger partial charge in [-0.2, -0.15) is 0 Å². The molecule has 4 aromatic rings. The van der Waals surface area contributed by atoms with E-state index < -0.39 is 0 Å². The van der Waals surface area contributed by atoms with E-state index in [1.54, 1.807) is 0 Å². The molecule has 110 valence electrons. The Kier molecular flexibility index (Phi) is 2.70. The molecule has 0 aliphatic carbocycles. The number of hydrogen-bond acceptors (Lipinski definition) is 2. The molecule has 2 heterocycles. The Morgan fingerprint density at radius 2 is 1.64 bits per heavy atom. The van der Waals surface area contributed by atoms with Gasteiger partial charge >= 0.3 is 0 Å². The van der Waals surface area contributed by atoms with Gasteiger partial charge in [0.25, 0.3) is 0 Å². The molecule has 0 amide bonds. The summed E-state index contributed by atoms with van der Waals surface area (Å²) in [6.45, 7) is 8.50. The minimum absolute atomic E-state index is 0.910. The van der Waals surface area contributed by atoms with E-state index in [4.69, 9.17) is 8.83 Å². The van der Waals surface area contributed by atoms with Gasteiger partial charge in [-0.25, -0.2) is 0 Å². The van der Waals surface area contributed by atoms with Crippen LogP contribution in [-0.2, 0) is 0 Å². The van der Waals surface area contributed by atoms with Crippen LogP contribution in [0.3, 0.4) is 0 Å². The number of rotatable bonds is 1. The number of para-hydroxylation sites is 1. The van der Waals surface area contributed by atoms with Gasteiger partial charge in [0.05, 0.1) is 6.26 Å². The third kappa shape index (κ3) is 1.67. The summed E-state index contributed by atoms with van der Waals surface area (Å²) in [6.07, 6.45) is 1.84. The monoisotopic (exact) mass is 290 g/mol. The smallest absolute Gasteiger partial charge is 0.135 e. The summed E-state index contributed by atoms with van der Waals surface area (Å²) in [5.41, 5.74) is 8.00. The van der Waals surface area contributed by atoms with Crippen LogP contribution in [0.4, 0.5) is 0 Å². The lowest BCUT2D eigenvalue weighted by atomic mass is 9.94. The van der Waals surface area contributed by atoms with Crippen LogP contribution in [0.15, 0.2) is 45.4 Å². The number of furan rings is 2. The highest BCUT2D eigenvalue weighted by Crippen LogP contribution is 2.41. The Bertz CT molecular complexity index is 1020. The highest BCUT2D eigenvalue weighted by molar-refractivity contribution is 6.06. The molecule has 2 heteroatoms. The van der Waals surface area contributed by atoms with Crippen molar-refractivity contribution in [3.8, 4) is 11.1 Å². The van der Waals surface area contributed by atoms with Crippen molar-refractivity contribution in [3.05, 3.63) is 59.0 Å². The van der Waals surface area contributed by atoms with Crippen molar-refractivity contribution < 1.29 is 8.83 Å². The molecule has 0 spiro atoms. The Morgan fingerprint density at radius 3 is 2.45 bits per heavy atom. The van der Waals surface area contributed by atoms with Gasteiger partial charge < -0.3 is 8.83 Å². The van der Waals surface area contributed by atoms with E-state index in [0.29, 0.717) is 0 Å². The SMILES string of the molecule is Cc1cc2oc(C)c(-c3coc4ccccc34)c2c(C)c1C. The van der Waals surface area contributed by atoms with Gasteiger partial charge in [0.15, 0.2) is 0 Å². The highest BCUT2D eigenvalue weighted by Gasteiger charge is 2.20. The van der Waals surface area contributed by atoms with Crippen LogP contribution in [0.25, 0.3) is 33.1 Å². The van der Waals surface area contributed by atoms with Crippen molar-refractivity contribution in [3.63, 3.8) is 0 Å². The van der Waals surface area contributed by atoms with Gasteiger partial charge in [-0.15, -0.1) is 0 Å². The zero-order valence-electron chi connectivity index (χ0n) is 13.3. The lowest BCUT2D eigenvalue weighted by molar-refractivity contribution is 0.579. The summed E-state index contributed by atoms with van der Waals surface area (Å²) in [5, 5.41) is 2.33. The third-order valence-corrected chi connectivity index (χ3v) is 4.74. The highest BCUT2D eigenvalue weighted by atomic mass is 16.3. The normalized spacial score (nSPS) is 11.6. The van der Waals surface area contributed by atoms with Gasteiger partial charge in [-0.1, -0.05) is 18.2 Å². The molecule has 0 saturated heterocycles. The van der Waals surface area contributed by atoms with Crippen molar-refractivity contribution in [1.29, 1.82) is 0 Å². The van der Waals surface area contributed by atoms with Crippen LogP contribution >= 0.6 is 0 Å². The summed E-state index contributed by atoms with van der Waals surface area (Å²) >= 11 is 0. The van der Waals surface area contributed by atoms with Crippen molar-refractivity contribution in [2.24, 2.45) is 0 Å². The zero-order valence-corrected chi connectivity index (χ0v) is 13.3. The topological polar surface area (TPSA) is 26.3 Å². The first-order valence-electron chi connectivity index (χ1n) is 7.54. The van der Waals surface area contributed by atoms with Crippen molar-refractivity contribution in [1.82, 2.24) is 0 Å². The fourth-order valence-electron chi connectivity index (χ4n) is 3.32. The van der Waals surface area contributed by atoms with Crippen LogP contribution in [0.5, 0.6) is 0 Å². The lowest BCUT2D eigenvalue weighted by Gasteiger charge is -2.07. The van der Waals surface area contributed by atoms with Gasteiger partial charge in [0, 0.05) is 21.9 Å². The number of fused-ring (bicyclic) bond motifs is 2. The van der Waals surface area contributed by atoms with Gasteiger partial charge in [-0.05, 0) is 56.5 Å². The third-order valence-electron chi connectivity index (χ3n) is 4.74. The van der Waals surface area contributed by atoms with Crippen LogP contribution in [-0.4, -0.2) is 0 Å². The van der Waals surface area contributed by atoms with Crippen LogP contribution in [0, 0.1) is 27.7 Å². The predicted molar refractivity (Wildman–Crippen MR) is 90.4 cm³/mol. The average molecular weight is 290 g/mol. The van der Waals surface area contributed by atoms with Crippen LogP contribution in [0.1, 0.15) is 22.5 Å². The van der Waals surface area contributed by atoms with Crippen molar-refractivity contribution >= 4 is 21.9 Å². The molecule has 0 N–H and O–H groups in total. The molecule has 0 aliphatic rings. The van der Waals surface area contributed by atoms with Gasteiger partial charge in [0.1, 0.15) is 16.9 Å². The van der Waals surface area contributed by atoms with Crippen LogP contribution in [0.2, 0.25) is 0 Å². The molecule has 4 rings (SSSR count). The summed E-state index contributed by atoms with van der Waals surface area (Å²) in [5.74, 6) is 0.939. The molecule has 0 radical (unpaired) electrons. The molecule has 0 unspecified atom stereocenters. The molecule has 0 saturated carbocycles. The lowest BCUT2D eigenvalue weighted by Crippen LogP contribution is -1.88. The van der Waals surface area contributed by atoms with Gasteiger partial charge in [0.2, 0.25) is 0 Å². The average Bonchev–Trinajstić information content (AvgIpc) is 3.05. The summed E-state index contributed by atoms with van der Waals surface area (Å²) in [6, 6.07) is 10.3. The minimum atomic E-state index is 0.910. The van der Waals surface area contributed by atoms with E-state index in [1.807, 2.05) is 31.4 Å². The second kappa shape index (κ2) is 4.51. The Hall–Kier alpha value is -2.48. The number of hydrogen-bond donors (Lipinski definition) is 0. The molecular weight excluding hydrogens is 272 g/mol. The molecule has 2 nitrogen and oxygen atoms in total. The summed E-state index contributed by atoms with van der Waals surface area (Å²) < 4.78 is 11.8. The quantitative estimate of drug-likeness (QED) is 0.424. The van der Waals surface area contributed by atoms with E-state index in [9.17, 15) is 0 Å². The van der Waals surface area contributed by atoms with E-state index in [2.05, 4.69) is 32.9 Å². The molecule has 22 heavy (non-hydrogen) atoms. The van der Waals surface area contributed by atoms with Gasteiger partial charge in [-0.3, -0.25) is 0 Å². The standard InChI is InChI=1S/C20H18O2/c1-11-9-18-19(13(3)12(11)2)20(14(4)22-18)16-10-21-17-8-6-5-7-15(16)17/h5-10H,1-4H3. The molecule has 0 atom stereocenters. The summed E-state index contributed by atoms with van der Waals surface area (Å²) in [4.78, 5) is 0. The van der Waals surface area contributed by atoms with Crippen molar-refractivity contribution in [2.75, 3.05) is 0 Å². The molecule has 0 aliphatic heterocycles. The maximum absolute atomic E-state index is 6.05. The fraction of sp³-hybridized carbons (Fsp3) is 0.200. The summed E-state index contributed by atoms with van der Waals surface area (Å²) in [7, 11) is 0. The number of benzene rings is 2. The Labute approximate surface area is 129 Å². The first-order valence-corrected chi connectivity index (χ1v) is 7.54.